The number of rotatable bonds is 4. The number of nitrogen functional groups attached to an aromatic ring is 1. The van der Waals surface area contributed by atoms with Gasteiger partial charge in [-0.15, -0.1) is 11.3 Å². The van der Waals surface area contributed by atoms with Crippen LogP contribution in [0.4, 0.5) is 10.1 Å². The summed E-state index contributed by atoms with van der Waals surface area (Å²) in [7, 11) is 1.99. The van der Waals surface area contributed by atoms with Gasteiger partial charge in [0.1, 0.15) is 0 Å². The molecule has 1 aromatic carbocycles. The van der Waals surface area contributed by atoms with Gasteiger partial charge in [0.05, 0.1) is 5.69 Å². The Bertz CT molecular complexity index is 511. The first kappa shape index (κ1) is 13.1. The Hall–Kier alpha value is -1.39. The summed E-state index contributed by atoms with van der Waals surface area (Å²) in [6.45, 7) is 2.67. The van der Waals surface area contributed by atoms with Gasteiger partial charge < -0.3 is 5.73 Å². The molecule has 0 saturated carbocycles. The molecule has 0 amide bonds. The van der Waals surface area contributed by atoms with Crippen molar-refractivity contribution in [1.29, 1.82) is 0 Å². The van der Waals surface area contributed by atoms with Crippen molar-refractivity contribution in [3.05, 3.63) is 52.0 Å². The number of hydrogen-bond donors (Lipinski definition) is 1. The van der Waals surface area contributed by atoms with Crippen LogP contribution in [0, 0.1) is 5.82 Å². The molecule has 2 rings (SSSR count). The molecule has 0 spiro atoms. The summed E-state index contributed by atoms with van der Waals surface area (Å²) < 4.78 is 13.8. The van der Waals surface area contributed by atoms with Crippen LogP contribution in [0.25, 0.3) is 0 Å². The topological polar surface area (TPSA) is 29.3 Å². The van der Waals surface area contributed by atoms with E-state index in [1.807, 2.05) is 13.1 Å². The highest BCUT2D eigenvalue weighted by Gasteiger charge is 2.15. The number of halogens is 1. The lowest BCUT2D eigenvalue weighted by molar-refractivity contribution is 0.253. The average molecular weight is 264 g/mol. The lowest BCUT2D eigenvalue weighted by atomic mass is 10.1. The molecular weight excluding hydrogens is 247 g/mol. The number of benzene rings is 1. The van der Waals surface area contributed by atoms with Crippen LogP contribution in [0.2, 0.25) is 0 Å². The number of thiophene rings is 1. The van der Waals surface area contributed by atoms with Crippen molar-refractivity contribution in [2.45, 2.75) is 19.5 Å². The average Bonchev–Trinajstić information content (AvgIpc) is 2.87. The molecule has 2 aromatic rings. The molecule has 0 aliphatic carbocycles. The number of nitrogens with two attached hydrogens (primary N) is 1. The molecule has 1 heterocycles. The lowest BCUT2D eigenvalue weighted by Crippen LogP contribution is -2.22. The summed E-state index contributed by atoms with van der Waals surface area (Å²) in [5.41, 5.74) is 6.43. The van der Waals surface area contributed by atoms with Crippen molar-refractivity contribution < 1.29 is 4.39 Å². The predicted octanol–water partition coefficient (Wildman–Crippen LogP) is 3.66. The standard InChI is InChI=1S/C14H17FN2S/c1-10(13-7-4-8-18-13)17(2)9-11-5-3-6-12(16)14(11)15/h3-8,10H,9,16H2,1-2H3. The van der Waals surface area contributed by atoms with Crippen LogP contribution in [0.15, 0.2) is 35.7 Å². The summed E-state index contributed by atoms with van der Waals surface area (Å²) in [6.07, 6.45) is 0. The fourth-order valence-electron chi connectivity index (χ4n) is 1.87. The summed E-state index contributed by atoms with van der Waals surface area (Å²) in [4.78, 5) is 3.39. The first-order valence-electron chi connectivity index (χ1n) is 5.86. The van der Waals surface area contributed by atoms with Gasteiger partial charge in [-0.1, -0.05) is 18.2 Å². The molecule has 0 saturated heterocycles. The summed E-state index contributed by atoms with van der Waals surface area (Å²) >= 11 is 1.72. The molecule has 0 bridgehead atoms. The molecule has 0 radical (unpaired) electrons. The van der Waals surface area contributed by atoms with E-state index in [-0.39, 0.29) is 17.5 Å². The van der Waals surface area contributed by atoms with Gasteiger partial charge in [-0.2, -0.15) is 0 Å². The Morgan fingerprint density at radius 2 is 2.11 bits per heavy atom. The Kier molecular flexibility index (Phi) is 3.99. The summed E-state index contributed by atoms with van der Waals surface area (Å²) in [6, 6.07) is 9.56. The van der Waals surface area contributed by atoms with Crippen LogP contribution in [0.5, 0.6) is 0 Å². The molecule has 2 nitrogen and oxygen atoms in total. The molecule has 1 unspecified atom stereocenters. The maximum absolute atomic E-state index is 13.8. The number of nitrogens with zero attached hydrogens (tertiary/aromatic N) is 1. The van der Waals surface area contributed by atoms with Gasteiger partial charge in [0.2, 0.25) is 0 Å². The van der Waals surface area contributed by atoms with E-state index in [4.69, 9.17) is 5.73 Å². The zero-order valence-electron chi connectivity index (χ0n) is 10.6. The van der Waals surface area contributed by atoms with Crippen molar-refractivity contribution in [1.82, 2.24) is 4.90 Å². The second-order valence-corrected chi connectivity index (χ2v) is 5.41. The summed E-state index contributed by atoms with van der Waals surface area (Å²) in [5.74, 6) is -0.303. The quantitative estimate of drug-likeness (QED) is 0.854. The van der Waals surface area contributed by atoms with Gasteiger partial charge in [-0.25, -0.2) is 4.39 Å². The molecule has 0 fully saturated rings. The highest BCUT2D eigenvalue weighted by atomic mass is 32.1. The van der Waals surface area contributed by atoms with Gasteiger partial charge in [0.15, 0.2) is 5.82 Å². The van der Waals surface area contributed by atoms with Gasteiger partial charge in [-0.05, 0) is 31.5 Å². The third-order valence-electron chi connectivity index (χ3n) is 3.14. The minimum atomic E-state index is -0.303. The largest absolute Gasteiger partial charge is 0.396 e. The van der Waals surface area contributed by atoms with Crippen molar-refractivity contribution in [2.24, 2.45) is 0 Å². The highest BCUT2D eigenvalue weighted by molar-refractivity contribution is 7.10. The van der Waals surface area contributed by atoms with Gasteiger partial charge >= 0.3 is 0 Å². The van der Waals surface area contributed by atoms with E-state index in [1.54, 1.807) is 29.5 Å². The molecule has 96 valence electrons. The minimum Gasteiger partial charge on any atom is -0.396 e. The maximum atomic E-state index is 13.8. The molecule has 18 heavy (non-hydrogen) atoms. The van der Waals surface area contributed by atoms with E-state index in [1.165, 1.54) is 4.88 Å². The van der Waals surface area contributed by atoms with Crippen LogP contribution >= 0.6 is 11.3 Å². The Labute approximate surface area is 111 Å². The molecule has 0 aliphatic rings. The van der Waals surface area contributed by atoms with Crippen LogP contribution in [-0.4, -0.2) is 11.9 Å². The van der Waals surface area contributed by atoms with E-state index in [0.717, 1.165) is 0 Å². The van der Waals surface area contributed by atoms with Gasteiger partial charge in [0.25, 0.3) is 0 Å². The third kappa shape index (κ3) is 2.71. The van der Waals surface area contributed by atoms with E-state index < -0.39 is 0 Å². The normalized spacial score (nSPS) is 12.9. The van der Waals surface area contributed by atoms with Crippen LogP contribution < -0.4 is 5.73 Å². The molecule has 0 aliphatic heterocycles. The smallest absolute Gasteiger partial charge is 0.150 e. The molecule has 4 heteroatoms. The Morgan fingerprint density at radius 3 is 2.78 bits per heavy atom. The zero-order valence-corrected chi connectivity index (χ0v) is 11.4. The van der Waals surface area contributed by atoms with E-state index >= 15 is 0 Å². The lowest BCUT2D eigenvalue weighted by Gasteiger charge is -2.24. The van der Waals surface area contributed by atoms with E-state index in [0.29, 0.717) is 12.1 Å². The van der Waals surface area contributed by atoms with Gasteiger partial charge in [-0.3, -0.25) is 4.90 Å². The second kappa shape index (κ2) is 5.50. The molecule has 2 N–H and O–H groups in total. The number of hydrogen-bond acceptors (Lipinski definition) is 3. The Balaban J connectivity index is 2.12. The van der Waals surface area contributed by atoms with Crippen molar-refractivity contribution in [2.75, 3.05) is 12.8 Å². The summed E-state index contributed by atoms with van der Waals surface area (Å²) in [5, 5.41) is 2.06. The van der Waals surface area contributed by atoms with Crippen molar-refractivity contribution in [3.63, 3.8) is 0 Å². The monoisotopic (exact) mass is 264 g/mol. The van der Waals surface area contributed by atoms with E-state index in [2.05, 4.69) is 23.3 Å². The van der Waals surface area contributed by atoms with Crippen LogP contribution in [0.1, 0.15) is 23.4 Å². The zero-order chi connectivity index (χ0) is 13.1. The van der Waals surface area contributed by atoms with Crippen molar-refractivity contribution in [3.8, 4) is 0 Å². The maximum Gasteiger partial charge on any atom is 0.150 e. The number of anilines is 1. The predicted molar refractivity (Wildman–Crippen MR) is 75.0 cm³/mol. The SMILES string of the molecule is CC(c1cccs1)N(C)Cc1cccc(N)c1F. The second-order valence-electron chi connectivity index (χ2n) is 4.43. The van der Waals surface area contributed by atoms with Crippen molar-refractivity contribution >= 4 is 17.0 Å². The highest BCUT2D eigenvalue weighted by Crippen LogP contribution is 2.25. The Morgan fingerprint density at radius 1 is 1.33 bits per heavy atom. The first-order valence-corrected chi connectivity index (χ1v) is 6.74. The van der Waals surface area contributed by atoms with Crippen LogP contribution in [0.3, 0.4) is 0 Å². The fourth-order valence-corrected chi connectivity index (χ4v) is 2.72. The molecule has 1 aromatic heterocycles. The minimum absolute atomic E-state index is 0.213. The first-order chi connectivity index (χ1) is 8.59. The third-order valence-corrected chi connectivity index (χ3v) is 4.19. The van der Waals surface area contributed by atoms with E-state index in [9.17, 15) is 4.39 Å². The van der Waals surface area contributed by atoms with Gasteiger partial charge in [0, 0.05) is 23.0 Å². The molecular formula is C14H17FN2S. The molecule has 1 atom stereocenters. The fraction of sp³-hybridized carbons (Fsp3) is 0.286. The van der Waals surface area contributed by atoms with Crippen LogP contribution in [-0.2, 0) is 6.54 Å².